The molecule has 4 atom stereocenters. The summed E-state index contributed by atoms with van der Waals surface area (Å²) in [4.78, 5) is 18.9. The zero-order valence-corrected chi connectivity index (χ0v) is 18.3. The summed E-state index contributed by atoms with van der Waals surface area (Å²) < 4.78 is 22.0. The standard InChI is InChI=1S/C20H34N4O4/c1-11(2)15-19(27-7)21-13(17(23-15)25-5)9-10-14-18(26-6)24-16(12(3)4)20(22-14)28-8/h11-16H,9-10H2,1-8H3/t13-,14-,15+,16+/m1/s1. The molecule has 0 bridgehead atoms. The summed E-state index contributed by atoms with van der Waals surface area (Å²) >= 11 is 0. The lowest BCUT2D eigenvalue weighted by atomic mass is 9.99. The van der Waals surface area contributed by atoms with Gasteiger partial charge in [-0.25, -0.2) is 20.0 Å². The van der Waals surface area contributed by atoms with Crippen LogP contribution >= 0.6 is 0 Å². The van der Waals surface area contributed by atoms with Crippen molar-refractivity contribution in [1.82, 2.24) is 0 Å². The van der Waals surface area contributed by atoms with Gasteiger partial charge in [-0.2, -0.15) is 0 Å². The van der Waals surface area contributed by atoms with Gasteiger partial charge in [-0.15, -0.1) is 0 Å². The molecule has 0 radical (unpaired) electrons. The molecule has 8 heteroatoms. The summed E-state index contributed by atoms with van der Waals surface area (Å²) in [6.45, 7) is 8.36. The molecule has 8 nitrogen and oxygen atoms in total. The van der Waals surface area contributed by atoms with Gasteiger partial charge in [0, 0.05) is 0 Å². The molecule has 2 aliphatic rings. The summed E-state index contributed by atoms with van der Waals surface area (Å²) in [6.07, 6.45) is 1.37. The fraction of sp³-hybridized carbons (Fsp3) is 0.800. The number of nitrogens with zero attached hydrogens (tertiary/aromatic N) is 4. The van der Waals surface area contributed by atoms with E-state index in [1.54, 1.807) is 28.4 Å². The second-order valence-electron chi connectivity index (χ2n) is 7.67. The normalized spacial score (nSPS) is 27.6. The van der Waals surface area contributed by atoms with Crippen molar-refractivity contribution in [3.63, 3.8) is 0 Å². The van der Waals surface area contributed by atoms with Crippen molar-refractivity contribution >= 4 is 23.6 Å². The van der Waals surface area contributed by atoms with Crippen LogP contribution in [-0.2, 0) is 18.9 Å². The summed E-state index contributed by atoms with van der Waals surface area (Å²) in [5.74, 6) is 3.09. The molecular weight excluding hydrogens is 360 g/mol. The lowest BCUT2D eigenvalue weighted by molar-refractivity contribution is 0.320. The van der Waals surface area contributed by atoms with Crippen LogP contribution in [0.25, 0.3) is 0 Å². The maximum Gasteiger partial charge on any atom is 0.209 e. The minimum atomic E-state index is -0.211. The maximum absolute atomic E-state index is 5.53. The first-order valence-corrected chi connectivity index (χ1v) is 9.82. The van der Waals surface area contributed by atoms with Crippen molar-refractivity contribution in [3.05, 3.63) is 0 Å². The predicted octanol–water partition coefficient (Wildman–Crippen LogP) is 2.76. The third kappa shape index (κ3) is 4.83. The Morgan fingerprint density at radius 2 is 0.893 bits per heavy atom. The van der Waals surface area contributed by atoms with Crippen LogP contribution in [0.5, 0.6) is 0 Å². The Labute approximate surface area is 168 Å². The first-order valence-electron chi connectivity index (χ1n) is 9.82. The number of ether oxygens (including phenoxy) is 4. The van der Waals surface area contributed by atoms with E-state index in [9.17, 15) is 0 Å². The monoisotopic (exact) mass is 394 g/mol. The van der Waals surface area contributed by atoms with Gasteiger partial charge in [-0.1, -0.05) is 27.7 Å². The quantitative estimate of drug-likeness (QED) is 0.717. The van der Waals surface area contributed by atoms with E-state index in [-0.39, 0.29) is 36.0 Å². The Morgan fingerprint density at radius 3 is 1.14 bits per heavy atom. The molecule has 2 rings (SSSR count). The number of rotatable bonds is 5. The summed E-state index contributed by atoms with van der Waals surface area (Å²) in [6, 6.07) is -0.659. The van der Waals surface area contributed by atoms with E-state index >= 15 is 0 Å². The molecule has 0 N–H and O–H groups in total. The Bertz CT molecular complexity index is 599. The zero-order valence-electron chi connectivity index (χ0n) is 18.3. The maximum atomic E-state index is 5.53. The molecule has 2 aliphatic heterocycles. The fourth-order valence-electron chi connectivity index (χ4n) is 3.41. The lowest BCUT2D eigenvalue weighted by Crippen LogP contribution is -2.39. The smallest absolute Gasteiger partial charge is 0.209 e. The average molecular weight is 395 g/mol. The first-order chi connectivity index (χ1) is 13.4. The molecule has 0 unspecified atom stereocenters. The van der Waals surface area contributed by atoms with Gasteiger partial charge in [0.1, 0.15) is 24.2 Å². The molecule has 0 aromatic heterocycles. The van der Waals surface area contributed by atoms with E-state index in [1.165, 1.54) is 0 Å². The predicted molar refractivity (Wildman–Crippen MR) is 112 cm³/mol. The highest BCUT2D eigenvalue weighted by molar-refractivity contribution is 5.95. The van der Waals surface area contributed by atoms with Gasteiger partial charge in [-0.3, -0.25) is 0 Å². The molecule has 0 saturated heterocycles. The number of methoxy groups -OCH3 is 4. The topological polar surface area (TPSA) is 86.4 Å². The molecule has 0 spiro atoms. The second-order valence-corrected chi connectivity index (χ2v) is 7.67. The van der Waals surface area contributed by atoms with Gasteiger partial charge in [0.25, 0.3) is 0 Å². The third-order valence-electron chi connectivity index (χ3n) is 4.99. The fourth-order valence-corrected chi connectivity index (χ4v) is 3.41. The van der Waals surface area contributed by atoms with Crippen molar-refractivity contribution in [2.24, 2.45) is 31.8 Å². The van der Waals surface area contributed by atoms with Crippen molar-refractivity contribution in [2.45, 2.75) is 64.7 Å². The van der Waals surface area contributed by atoms with E-state index in [1.807, 2.05) is 0 Å². The van der Waals surface area contributed by atoms with Crippen LogP contribution in [0.2, 0.25) is 0 Å². The van der Waals surface area contributed by atoms with E-state index < -0.39 is 0 Å². The molecule has 0 aromatic carbocycles. The van der Waals surface area contributed by atoms with Gasteiger partial charge in [0.2, 0.25) is 23.6 Å². The summed E-state index contributed by atoms with van der Waals surface area (Å²) in [7, 11) is 6.54. The van der Waals surface area contributed by atoms with Crippen LogP contribution in [-0.4, -0.2) is 76.2 Å². The molecule has 158 valence electrons. The van der Waals surface area contributed by atoms with Crippen LogP contribution in [0.3, 0.4) is 0 Å². The molecule has 0 saturated carbocycles. The minimum absolute atomic E-state index is 0.119. The van der Waals surface area contributed by atoms with Crippen molar-refractivity contribution < 1.29 is 18.9 Å². The largest absolute Gasteiger partial charge is 0.483 e. The zero-order chi connectivity index (χ0) is 20.8. The second kappa shape index (κ2) is 9.89. The van der Waals surface area contributed by atoms with Crippen LogP contribution in [0.4, 0.5) is 0 Å². The Balaban J connectivity index is 2.17. The molecule has 0 aromatic rings. The van der Waals surface area contributed by atoms with E-state index in [0.717, 1.165) is 0 Å². The van der Waals surface area contributed by atoms with Gasteiger partial charge >= 0.3 is 0 Å². The summed E-state index contributed by atoms with van der Waals surface area (Å²) in [5.41, 5.74) is 0. The molecule has 0 amide bonds. The highest BCUT2D eigenvalue weighted by Gasteiger charge is 2.34. The first kappa shape index (κ1) is 22.2. The van der Waals surface area contributed by atoms with Crippen LogP contribution in [0, 0.1) is 11.8 Å². The van der Waals surface area contributed by atoms with Crippen LogP contribution in [0.1, 0.15) is 40.5 Å². The van der Waals surface area contributed by atoms with Crippen LogP contribution < -0.4 is 0 Å². The van der Waals surface area contributed by atoms with Crippen molar-refractivity contribution in [1.29, 1.82) is 0 Å². The SMILES string of the molecule is COC1=N[C@H](CC[C@H]2N=C(OC)[C@H](C(C)C)N=C2OC)C(OC)=N[C@H]1C(C)C. The molecule has 0 aliphatic carbocycles. The summed E-state index contributed by atoms with van der Waals surface area (Å²) in [5, 5.41) is 0. The molecule has 28 heavy (non-hydrogen) atoms. The molecular formula is C20H34N4O4. The number of hydrogen-bond acceptors (Lipinski definition) is 8. The van der Waals surface area contributed by atoms with Gasteiger partial charge < -0.3 is 18.9 Å². The van der Waals surface area contributed by atoms with Crippen molar-refractivity contribution in [3.8, 4) is 0 Å². The Kier molecular flexibility index (Phi) is 7.83. The highest BCUT2D eigenvalue weighted by Crippen LogP contribution is 2.24. The van der Waals surface area contributed by atoms with E-state index in [0.29, 0.717) is 36.4 Å². The minimum Gasteiger partial charge on any atom is -0.483 e. The van der Waals surface area contributed by atoms with E-state index in [4.69, 9.17) is 38.9 Å². The highest BCUT2D eigenvalue weighted by atomic mass is 16.5. The average Bonchev–Trinajstić information content (AvgIpc) is 2.70. The molecule has 0 fully saturated rings. The van der Waals surface area contributed by atoms with Crippen LogP contribution in [0.15, 0.2) is 20.0 Å². The van der Waals surface area contributed by atoms with Crippen molar-refractivity contribution in [2.75, 3.05) is 28.4 Å². The lowest BCUT2D eigenvalue weighted by Gasteiger charge is -2.29. The van der Waals surface area contributed by atoms with Gasteiger partial charge in [0.05, 0.1) is 28.4 Å². The number of aliphatic imine (C=N–C) groups is 4. The number of hydrogen-bond donors (Lipinski definition) is 0. The molecule has 2 heterocycles. The van der Waals surface area contributed by atoms with Gasteiger partial charge in [-0.05, 0) is 24.7 Å². The van der Waals surface area contributed by atoms with E-state index in [2.05, 4.69) is 27.7 Å². The third-order valence-corrected chi connectivity index (χ3v) is 4.99. The van der Waals surface area contributed by atoms with Gasteiger partial charge in [0.15, 0.2) is 0 Å². The Morgan fingerprint density at radius 1 is 0.571 bits per heavy atom. The Hall–Kier alpha value is -2.12.